The lowest BCUT2D eigenvalue weighted by molar-refractivity contribution is -0.173. The Kier molecular flexibility index (Phi) is 14.7. The van der Waals surface area contributed by atoms with Crippen molar-refractivity contribution in [3.63, 3.8) is 0 Å². The van der Waals surface area contributed by atoms with Crippen LogP contribution in [0.3, 0.4) is 0 Å². The molecule has 0 N–H and O–H groups in total. The van der Waals surface area contributed by atoms with Gasteiger partial charge in [-0.2, -0.15) is 0 Å². The molecule has 0 saturated heterocycles. The summed E-state index contributed by atoms with van der Waals surface area (Å²) in [6.45, 7) is 36.8. The average Bonchev–Trinajstić information content (AvgIpc) is 2.91. The fraction of sp³-hybridized carbons (Fsp3) is 0.780. The summed E-state index contributed by atoms with van der Waals surface area (Å²) in [6, 6.07) is 4.96. The first-order valence-corrected chi connectivity index (χ1v) is 17.6. The number of hydrogen-bond acceptors (Lipinski definition) is 7. The largest absolute Gasteiger partial charge is 0.378 e. The van der Waals surface area contributed by atoms with Crippen LogP contribution in [-0.2, 0) is 18.9 Å². The lowest BCUT2D eigenvalue weighted by atomic mass is 9.77. The number of ketones is 3. The third-order valence-electron chi connectivity index (χ3n) is 7.98. The molecule has 0 saturated carbocycles. The van der Waals surface area contributed by atoms with Crippen molar-refractivity contribution in [2.75, 3.05) is 26.4 Å². The van der Waals surface area contributed by atoms with E-state index in [-0.39, 0.29) is 40.3 Å². The van der Waals surface area contributed by atoms with Gasteiger partial charge in [-0.25, -0.2) is 0 Å². The summed E-state index contributed by atoms with van der Waals surface area (Å²) in [4.78, 5) is 40.7. The van der Waals surface area contributed by atoms with Crippen LogP contribution in [-0.4, -0.2) is 66.7 Å². The van der Waals surface area contributed by atoms with Crippen LogP contribution < -0.4 is 0 Å². The minimum absolute atomic E-state index is 0.105. The first-order valence-electron chi connectivity index (χ1n) is 17.6. The molecule has 0 aliphatic carbocycles. The minimum atomic E-state index is -0.764. The van der Waals surface area contributed by atoms with E-state index in [1.54, 1.807) is 18.2 Å². The van der Waals surface area contributed by atoms with Crippen molar-refractivity contribution in [3.8, 4) is 0 Å². The molecule has 0 amide bonds. The maximum Gasteiger partial charge on any atom is 0.168 e. The molecule has 0 spiro atoms. The summed E-state index contributed by atoms with van der Waals surface area (Å²) < 4.78 is 25.5. The second-order valence-corrected chi connectivity index (χ2v) is 19.5. The zero-order chi connectivity index (χ0) is 37.7. The lowest BCUT2D eigenvalue weighted by Crippen LogP contribution is -2.47. The van der Waals surface area contributed by atoms with Crippen LogP contribution in [0.25, 0.3) is 0 Å². The van der Waals surface area contributed by atoms with Crippen molar-refractivity contribution in [2.24, 2.45) is 21.7 Å². The molecule has 7 nitrogen and oxygen atoms in total. The number of hydrogen-bond donors (Lipinski definition) is 0. The summed E-state index contributed by atoms with van der Waals surface area (Å²) in [7, 11) is 0. The van der Waals surface area contributed by atoms with Crippen molar-refractivity contribution in [1.29, 1.82) is 0 Å². The van der Waals surface area contributed by atoms with Crippen LogP contribution >= 0.6 is 0 Å². The Morgan fingerprint density at radius 1 is 0.521 bits per heavy atom. The quantitative estimate of drug-likeness (QED) is 0.161. The van der Waals surface area contributed by atoms with Crippen molar-refractivity contribution in [1.82, 2.24) is 0 Å². The predicted octanol–water partition coefficient (Wildman–Crippen LogP) is 9.97. The molecule has 0 aliphatic heterocycles. The second kappa shape index (κ2) is 16.0. The van der Waals surface area contributed by atoms with E-state index < -0.39 is 21.7 Å². The lowest BCUT2D eigenvalue weighted by Gasteiger charge is -2.39. The molecule has 1 aromatic rings. The van der Waals surface area contributed by atoms with E-state index in [2.05, 4.69) is 0 Å². The minimum Gasteiger partial charge on any atom is -0.378 e. The molecule has 48 heavy (non-hydrogen) atoms. The van der Waals surface area contributed by atoms with Gasteiger partial charge in [-0.05, 0) is 100 Å². The topological polar surface area (TPSA) is 88.1 Å². The molecule has 7 heteroatoms. The van der Waals surface area contributed by atoms with Gasteiger partial charge in [0.15, 0.2) is 17.3 Å². The molecule has 1 unspecified atom stereocenters. The number of carbonyl (C=O) groups is 3. The molecule has 276 valence electrons. The fourth-order valence-electron chi connectivity index (χ4n) is 4.72. The first kappa shape index (κ1) is 44.1. The smallest absolute Gasteiger partial charge is 0.168 e. The summed E-state index contributed by atoms with van der Waals surface area (Å²) >= 11 is 0. The number of rotatable bonds is 16. The van der Waals surface area contributed by atoms with Gasteiger partial charge in [0.2, 0.25) is 0 Å². The Balaban J connectivity index is 3.29. The third kappa shape index (κ3) is 15.3. The molecule has 0 aromatic heterocycles. The maximum atomic E-state index is 14.1. The Morgan fingerprint density at radius 3 is 1.12 bits per heavy atom. The number of Topliss-reactive ketones (excluding diaryl/α,β-unsaturated/α-hetero) is 3. The Labute approximate surface area is 293 Å². The van der Waals surface area contributed by atoms with Gasteiger partial charge in [0.25, 0.3) is 0 Å². The van der Waals surface area contributed by atoms with Crippen LogP contribution in [0, 0.1) is 21.7 Å². The monoisotopic (exact) mass is 675 g/mol. The van der Waals surface area contributed by atoms with E-state index in [0.717, 1.165) is 0 Å². The predicted molar refractivity (Wildman–Crippen MR) is 196 cm³/mol. The van der Waals surface area contributed by atoms with Crippen LogP contribution in [0.5, 0.6) is 0 Å². The third-order valence-corrected chi connectivity index (χ3v) is 7.98. The van der Waals surface area contributed by atoms with Crippen LogP contribution in [0.4, 0.5) is 0 Å². The van der Waals surface area contributed by atoms with Gasteiger partial charge in [0.1, 0.15) is 0 Å². The number of carbonyl (C=O) groups excluding carboxylic acids is 3. The van der Waals surface area contributed by atoms with Crippen molar-refractivity contribution >= 4 is 17.3 Å². The molecular formula is C41H70O7. The van der Waals surface area contributed by atoms with E-state index >= 15 is 0 Å². The van der Waals surface area contributed by atoms with Gasteiger partial charge in [-0.3, -0.25) is 14.4 Å². The van der Waals surface area contributed by atoms with E-state index in [0.29, 0.717) is 56.0 Å². The molecule has 0 radical (unpaired) electrons. The van der Waals surface area contributed by atoms with Crippen LogP contribution in [0.2, 0.25) is 0 Å². The maximum absolute atomic E-state index is 14.1. The van der Waals surface area contributed by atoms with Gasteiger partial charge in [-0.15, -0.1) is 0 Å². The van der Waals surface area contributed by atoms with Gasteiger partial charge in [0, 0.05) is 32.9 Å². The molecule has 1 aromatic carbocycles. The Morgan fingerprint density at radius 2 is 0.833 bits per heavy atom. The molecule has 1 atom stereocenters. The molecule has 1 rings (SSSR count). The van der Waals surface area contributed by atoms with Gasteiger partial charge in [-0.1, -0.05) is 55.4 Å². The van der Waals surface area contributed by atoms with Crippen LogP contribution in [0.15, 0.2) is 18.2 Å². The van der Waals surface area contributed by atoms with E-state index in [4.69, 9.17) is 18.9 Å². The highest BCUT2D eigenvalue weighted by atomic mass is 16.5. The SMILES string of the molecule is CC(CCC(C)(C)C(=O)c1cc(C(=O)C(C)(C)C)cc(C(=O)C(C)(C)C)c1)OCC(COC(C)(C)C)(COC(C)(C)C)COC(C)(C)C. The fourth-order valence-corrected chi connectivity index (χ4v) is 4.72. The Hall–Kier alpha value is -1.93. The van der Waals surface area contributed by atoms with Crippen molar-refractivity contribution < 1.29 is 33.3 Å². The molecule has 0 heterocycles. The summed E-state index contributed by atoms with van der Waals surface area (Å²) in [5.41, 5.74) is -2.53. The van der Waals surface area contributed by atoms with Crippen molar-refractivity contribution in [3.05, 3.63) is 34.9 Å². The summed E-state index contributed by atoms with van der Waals surface area (Å²) in [6.07, 6.45) is 1.01. The molecular weight excluding hydrogens is 604 g/mol. The van der Waals surface area contributed by atoms with Gasteiger partial charge < -0.3 is 18.9 Å². The average molecular weight is 675 g/mol. The first-order chi connectivity index (χ1) is 21.3. The van der Waals surface area contributed by atoms with Gasteiger partial charge >= 0.3 is 0 Å². The molecule has 0 aliphatic rings. The number of benzene rings is 1. The summed E-state index contributed by atoms with van der Waals surface area (Å²) in [5.74, 6) is -0.319. The van der Waals surface area contributed by atoms with E-state index in [9.17, 15) is 14.4 Å². The normalized spacial score (nSPS) is 14.6. The van der Waals surface area contributed by atoms with Gasteiger partial charge in [0.05, 0.1) is 54.7 Å². The van der Waals surface area contributed by atoms with Crippen molar-refractivity contribution in [2.45, 2.75) is 160 Å². The van der Waals surface area contributed by atoms with E-state index in [1.165, 1.54) is 0 Å². The Bertz CT molecular complexity index is 1150. The number of ether oxygens (including phenoxy) is 4. The highest BCUT2D eigenvalue weighted by Crippen LogP contribution is 2.33. The highest BCUT2D eigenvalue weighted by molar-refractivity contribution is 6.09. The second-order valence-electron chi connectivity index (χ2n) is 19.5. The summed E-state index contributed by atoms with van der Waals surface area (Å²) in [5, 5.41) is 0. The highest BCUT2D eigenvalue weighted by Gasteiger charge is 2.38. The zero-order valence-corrected chi connectivity index (χ0v) is 33.9. The zero-order valence-electron chi connectivity index (χ0n) is 33.9. The molecule has 0 bridgehead atoms. The van der Waals surface area contributed by atoms with E-state index in [1.807, 2.05) is 125 Å². The van der Waals surface area contributed by atoms with Crippen LogP contribution in [0.1, 0.15) is 169 Å². The molecule has 0 fully saturated rings. The standard InChI is InChI=1S/C41H70O7/c1-28(45-24-41(25-46-37(8,9)10,26-47-38(11,12)13)27-48-39(14,15)16)19-20-40(17,18)34(44)31-22-29(32(42)35(2,3)4)21-30(23-31)33(43)36(5,6)7/h21-23,28H,19-20,24-27H2,1-18H3.